The van der Waals surface area contributed by atoms with Gasteiger partial charge in [0.15, 0.2) is 0 Å². The standard InChI is InChI=1S/C16H17Cl2N3/c1-21-16(9-5-10(17)7-11(18)6-9)13-8-12-3-2-4-14(19-12)15(13)20-21/h5-7,12,14,19H,2-4,8H2,1H3/t12-,14+/m0/s1. The predicted octanol–water partition coefficient (Wildman–Crippen LogP) is 4.13. The predicted molar refractivity (Wildman–Crippen MR) is 85.9 cm³/mol. The number of aryl methyl sites for hydroxylation is 1. The van der Waals surface area contributed by atoms with Crippen LogP contribution in [0.3, 0.4) is 0 Å². The van der Waals surface area contributed by atoms with Crippen LogP contribution in [0, 0.1) is 0 Å². The monoisotopic (exact) mass is 321 g/mol. The molecule has 0 radical (unpaired) electrons. The zero-order valence-corrected chi connectivity index (χ0v) is 13.4. The molecule has 2 aromatic rings. The van der Waals surface area contributed by atoms with E-state index in [1.807, 2.05) is 23.9 Å². The Morgan fingerprint density at radius 1 is 1.19 bits per heavy atom. The molecule has 4 rings (SSSR count). The highest BCUT2D eigenvalue weighted by molar-refractivity contribution is 6.35. The minimum atomic E-state index is 0.405. The number of nitrogens with one attached hydrogen (secondary N) is 1. The second-order valence-electron chi connectivity index (χ2n) is 6.05. The normalized spacial score (nSPS) is 24.0. The number of benzene rings is 1. The molecule has 110 valence electrons. The van der Waals surface area contributed by atoms with Crippen LogP contribution in [0.25, 0.3) is 11.3 Å². The smallest absolute Gasteiger partial charge is 0.0833 e. The van der Waals surface area contributed by atoms with Gasteiger partial charge in [-0.05, 0) is 43.9 Å². The van der Waals surface area contributed by atoms with E-state index in [-0.39, 0.29) is 0 Å². The number of nitrogens with zero attached hydrogens (tertiary/aromatic N) is 2. The summed E-state index contributed by atoms with van der Waals surface area (Å²) in [6.45, 7) is 0. The van der Waals surface area contributed by atoms with Crippen molar-refractivity contribution in [1.82, 2.24) is 15.1 Å². The van der Waals surface area contributed by atoms with Crippen molar-refractivity contribution < 1.29 is 0 Å². The molecule has 2 aliphatic rings. The molecule has 2 atom stereocenters. The second kappa shape index (κ2) is 5.01. The number of fused-ring (bicyclic) bond motifs is 4. The maximum Gasteiger partial charge on any atom is 0.0833 e. The fraction of sp³-hybridized carbons (Fsp3) is 0.438. The molecule has 21 heavy (non-hydrogen) atoms. The molecule has 1 aromatic heterocycles. The summed E-state index contributed by atoms with van der Waals surface area (Å²) in [5, 5.41) is 9.81. The van der Waals surface area contributed by atoms with E-state index in [0.717, 1.165) is 17.7 Å². The summed E-state index contributed by atoms with van der Waals surface area (Å²) in [4.78, 5) is 0. The molecule has 3 nitrogen and oxygen atoms in total. The Hall–Kier alpha value is -1.03. The largest absolute Gasteiger partial charge is 0.305 e. The molecule has 2 bridgehead atoms. The quantitative estimate of drug-likeness (QED) is 0.855. The molecule has 1 saturated heterocycles. The third kappa shape index (κ3) is 2.28. The van der Waals surface area contributed by atoms with Crippen LogP contribution in [0.4, 0.5) is 0 Å². The lowest BCUT2D eigenvalue weighted by molar-refractivity contribution is 0.297. The first-order valence-corrected chi connectivity index (χ1v) is 8.15. The maximum atomic E-state index is 6.17. The van der Waals surface area contributed by atoms with Crippen molar-refractivity contribution in [2.45, 2.75) is 37.8 Å². The highest BCUT2D eigenvalue weighted by Crippen LogP contribution is 2.39. The van der Waals surface area contributed by atoms with Crippen LogP contribution in [-0.2, 0) is 13.5 Å². The molecule has 0 saturated carbocycles. The minimum Gasteiger partial charge on any atom is -0.305 e. The molecule has 3 heterocycles. The lowest BCUT2D eigenvalue weighted by Gasteiger charge is -2.35. The third-order valence-corrected chi connectivity index (χ3v) is 5.01. The molecule has 0 spiro atoms. The molecule has 1 aromatic carbocycles. The molecule has 1 N–H and O–H groups in total. The first kappa shape index (κ1) is 13.6. The number of halogens is 2. The van der Waals surface area contributed by atoms with Gasteiger partial charge in [0.1, 0.15) is 0 Å². The summed E-state index contributed by atoms with van der Waals surface area (Å²) in [5.74, 6) is 0. The van der Waals surface area contributed by atoms with E-state index in [2.05, 4.69) is 5.32 Å². The van der Waals surface area contributed by atoms with Crippen LogP contribution >= 0.6 is 23.2 Å². The van der Waals surface area contributed by atoms with Gasteiger partial charge in [-0.25, -0.2) is 0 Å². The topological polar surface area (TPSA) is 29.9 Å². The van der Waals surface area contributed by atoms with Gasteiger partial charge in [0.2, 0.25) is 0 Å². The van der Waals surface area contributed by atoms with Gasteiger partial charge < -0.3 is 5.32 Å². The van der Waals surface area contributed by atoms with Gasteiger partial charge in [-0.3, -0.25) is 4.68 Å². The zero-order chi connectivity index (χ0) is 14.6. The van der Waals surface area contributed by atoms with E-state index < -0.39 is 0 Å². The highest BCUT2D eigenvalue weighted by atomic mass is 35.5. The Bertz CT molecular complexity index is 688. The number of hydrogen-bond acceptors (Lipinski definition) is 2. The van der Waals surface area contributed by atoms with E-state index in [4.69, 9.17) is 28.3 Å². The van der Waals surface area contributed by atoms with Gasteiger partial charge in [-0.2, -0.15) is 5.10 Å². The lowest BCUT2D eigenvalue weighted by Crippen LogP contribution is -2.42. The molecular weight excluding hydrogens is 305 g/mol. The Kier molecular flexibility index (Phi) is 3.25. The van der Waals surface area contributed by atoms with Crippen LogP contribution in [0.5, 0.6) is 0 Å². The van der Waals surface area contributed by atoms with Crippen molar-refractivity contribution in [3.05, 3.63) is 39.5 Å². The fourth-order valence-electron chi connectivity index (χ4n) is 3.76. The summed E-state index contributed by atoms with van der Waals surface area (Å²) in [6, 6.07) is 6.70. The molecule has 1 fully saturated rings. The molecule has 5 heteroatoms. The van der Waals surface area contributed by atoms with Crippen LogP contribution in [0.2, 0.25) is 10.0 Å². The number of piperidine rings is 1. The highest BCUT2D eigenvalue weighted by Gasteiger charge is 2.34. The van der Waals surface area contributed by atoms with E-state index in [9.17, 15) is 0 Å². The SMILES string of the molecule is Cn1nc2c(c1-c1cc(Cl)cc(Cl)c1)C[C@@H]1CCC[C@H]2N1. The van der Waals surface area contributed by atoms with Gasteiger partial charge >= 0.3 is 0 Å². The van der Waals surface area contributed by atoms with E-state index in [1.165, 1.54) is 30.5 Å². The minimum absolute atomic E-state index is 0.405. The van der Waals surface area contributed by atoms with Crippen molar-refractivity contribution >= 4 is 23.2 Å². The first-order valence-electron chi connectivity index (χ1n) is 7.40. The Morgan fingerprint density at radius 3 is 2.71 bits per heavy atom. The van der Waals surface area contributed by atoms with Crippen molar-refractivity contribution in [2.24, 2.45) is 7.05 Å². The first-order chi connectivity index (χ1) is 10.1. The van der Waals surface area contributed by atoms with Gasteiger partial charge in [-0.1, -0.05) is 23.2 Å². The van der Waals surface area contributed by atoms with E-state index in [1.54, 1.807) is 6.07 Å². The van der Waals surface area contributed by atoms with Crippen molar-refractivity contribution in [1.29, 1.82) is 0 Å². The third-order valence-electron chi connectivity index (χ3n) is 4.58. The summed E-state index contributed by atoms with van der Waals surface area (Å²) >= 11 is 12.3. The van der Waals surface area contributed by atoms with Gasteiger partial charge in [0, 0.05) is 34.3 Å². The molecule has 2 aliphatic heterocycles. The van der Waals surface area contributed by atoms with Gasteiger partial charge in [0.05, 0.1) is 17.4 Å². The summed E-state index contributed by atoms with van der Waals surface area (Å²) < 4.78 is 1.98. The molecular formula is C16H17Cl2N3. The van der Waals surface area contributed by atoms with Crippen LogP contribution in [0.1, 0.15) is 36.6 Å². The Balaban J connectivity index is 1.88. The Labute approximate surface area is 134 Å². The van der Waals surface area contributed by atoms with Crippen molar-refractivity contribution in [2.75, 3.05) is 0 Å². The van der Waals surface area contributed by atoms with Gasteiger partial charge in [-0.15, -0.1) is 0 Å². The maximum absolute atomic E-state index is 6.17. The van der Waals surface area contributed by atoms with Crippen LogP contribution < -0.4 is 5.32 Å². The number of rotatable bonds is 1. The molecule has 0 unspecified atom stereocenters. The van der Waals surface area contributed by atoms with Crippen molar-refractivity contribution in [3.63, 3.8) is 0 Å². The molecule has 0 aliphatic carbocycles. The average molecular weight is 322 g/mol. The summed E-state index contributed by atoms with van der Waals surface area (Å²) in [6.07, 6.45) is 4.76. The van der Waals surface area contributed by atoms with Crippen molar-refractivity contribution in [3.8, 4) is 11.3 Å². The van der Waals surface area contributed by atoms with Crippen LogP contribution in [0.15, 0.2) is 18.2 Å². The average Bonchev–Trinajstić information content (AvgIpc) is 2.74. The zero-order valence-electron chi connectivity index (χ0n) is 11.9. The van der Waals surface area contributed by atoms with Crippen LogP contribution in [-0.4, -0.2) is 15.8 Å². The number of hydrogen-bond donors (Lipinski definition) is 1. The molecule has 0 amide bonds. The second-order valence-corrected chi connectivity index (χ2v) is 6.92. The van der Waals surface area contributed by atoms with E-state index in [0.29, 0.717) is 22.1 Å². The summed E-state index contributed by atoms with van der Waals surface area (Å²) in [7, 11) is 2.01. The lowest BCUT2D eigenvalue weighted by atomic mass is 9.84. The number of aromatic nitrogens is 2. The Morgan fingerprint density at radius 2 is 1.95 bits per heavy atom. The van der Waals surface area contributed by atoms with Gasteiger partial charge in [0.25, 0.3) is 0 Å². The summed E-state index contributed by atoms with van der Waals surface area (Å²) in [5.41, 5.74) is 4.79. The fourth-order valence-corrected chi connectivity index (χ4v) is 4.29. The van der Waals surface area contributed by atoms with E-state index >= 15 is 0 Å².